The first-order valence-corrected chi connectivity index (χ1v) is 10.7. The second-order valence-electron chi connectivity index (χ2n) is 7.65. The molecule has 0 radical (unpaired) electrons. The molecule has 1 heterocycles. The first kappa shape index (κ1) is 17.9. The molecular weight excluding hydrogens is 315 g/mol. The molecule has 0 fully saturated rings. The molecule has 2 atom stereocenters. The molecule has 0 aliphatic heterocycles. The average Bonchev–Trinajstić information content (AvgIpc) is 2.76. The third-order valence-corrected chi connectivity index (χ3v) is 9.39. The quantitative estimate of drug-likeness (QED) is 0.857. The molecule has 0 saturated carbocycles. The summed E-state index contributed by atoms with van der Waals surface area (Å²) in [4.78, 5) is 25.1. The van der Waals surface area contributed by atoms with E-state index in [9.17, 15) is 14.0 Å². The van der Waals surface area contributed by atoms with Crippen LogP contribution in [0.3, 0.4) is 0 Å². The number of aromatic nitrogens is 2. The smallest absolute Gasteiger partial charge is 0.328 e. The van der Waals surface area contributed by atoms with E-state index in [1.165, 1.54) is 22.9 Å². The first-order chi connectivity index (χ1) is 10.5. The third-order valence-electron chi connectivity index (χ3n) is 4.89. The summed E-state index contributed by atoms with van der Waals surface area (Å²) in [5.74, 6) is -0.407. The highest BCUT2D eigenvalue weighted by atomic mass is 28.4. The summed E-state index contributed by atoms with van der Waals surface area (Å²) in [5.41, 5.74) is -1.07. The van der Waals surface area contributed by atoms with E-state index in [0.29, 0.717) is 13.0 Å². The van der Waals surface area contributed by atoms with E-state index in [-0.39, 0.29) is 16.8 Å². The second-order valence-corrected chi connectivity index (χ2v) is 12.5. The van der Waals surface area contributed by atoms with E-state index in [2.05, 4.69) is 38.8 Å². The van der Waals surface area contributed by atoms with Gasteiger partial charge in [0.15, 0.2) is 8.32 Å². The summed E-state index contributed by atoms with van der Waals surface area (Å²) in [5, 5.41) is 0.100. The molecule has 0 amide bonds. The maximum absolute atomic E-state index is 14.2. The van der Waals surface area contributed by atoms with Crippen molar-refractivity contribution < 1.29 is 8.82 Å². The molecule has 1 aromatic heterocycles. The minimum Gasteiger partial charge on any atom is -0.416 e. The van der Waals surface area contributed by atoms with Gasteiger partial charge in [-0.25, -0.2) is 9.18 Å². The van der Waals surface area contributed by atoms with Crippen molar-refractivity contribution in [2.24, 2.45) is 5.92 Å². The van der Waals surface area contributed by atoms with Crippen LogP contribution < -0.4 is 11.2 Å². The Morgan fingerprint density at radius 1 is 1.39 bits per heavy atom. The SMILES string of the molecule is CC(C)(C)[Si](C)(C)OC[C@H]1C=C(F)[C@@H](n2ccc(=O)[nH]c2=O)C1. The number of H-pyrrole nitrogens is 1. The van der Waals surface area contributed by atoms with Gasteiger partial charge in [-0.2, -0.15) is 0 Å². The van der Waals surface area contributed by atoms with E-state index < -0.39 is 25.6 Å². The van der Waals surface area contributed by atoms with Crippen LogP contribution in [-0.2, 0) is 4.43 Å². The Morgan fingerprint density at radius 2 is 2.04 bits per heavy atom. The monoisotopic (exact) mass is 340 g/mol. The van der Waals surface area contributed by atoms with Crippen molar-refractivity contribution >= 4 is 8.32 Å². The Hall–Kier alpha value is -1.47. The highest BCUT2D eigenvalue weighted by molar-refractivity contribution is 6.74. The molecule has 128 valence electrons. The van der Waals surface area contributed by atoms with E-state index in [1.807, 2.05) is 0 Å². The number of hydrogen-bond donors (Lipinski definition) is 1. The highest BCUT2D eigenvalue weighted by Crippen LogP contribution is 2.39. The molecular formula is C16H25FN2O3Si. The van der Waals surface area contributed by atoms with Gasteiger partial charge in [0.2, 0.25) is 0 Å². The fraction of sp³-hybridized carbons (Fsp3) is 0.625. The maximum atomic E-state index is 14.2. The summed E-state index contributed by atoms with van der Waals surface area (Å²) in [6.45, 7) is 11.3. The zero-order valence-electron chi connectivity index (χ0n) is 14.4. The Morgan fingerprint density at radius 3 is 2.61 bits per heavy atom. The van der Waals surface area contributed by atoms with Crippen LogP contribution in [0.1, 0.15) is 33.2 Å². The lowest BCUT2D eigenvalue weighted by Crippen LogP contribution is -2.41. The van der Waals surface area contributed by atoms with Gasteiger partial charge in [-0.15, -0.1) is 0 Å². The van der Waals surface area contributed by atoms with Crippen molar-refractivity contribution in [3.8, 4) is 0 Å². The van der Waals surface area contributed by atoms with Crippen LogP contribution in [0.2, 0.25) is 18.1 Å². The molecule has 1 aliphatic carbocycles. The van der Waals surface area contributed by atoms with Gasteiger partial charge in [0.05, 0.1) is 6.04 Å². The van der Waals surface area contributed by atoms with Gasteiger partial charge >= 0.3 is 5.69 Å². The lowest BCUT2D eigenvalue weighted by atomic mass is 10.1. The molecule has 7 heteroatoms. The van der Waals surface area contributed by atoms with Crippen LogP contribution in [0.15, 0.2) is 33.8 Å². The van der Waals surface area contributed by atoms with Gasteiger partial charge in [0.25, 0.3) is 5.56 Å². The minimum atomic E-state index is -1.88. The largest absolute Gasteiger partial charge is 0.416 e. The summed E-state index contributed by atoms with van der Waals surface area (Å²) in [6, 6.07) is 0.570. The number of nitrogens with one attached hydrogen (secondary N) is 1. The van der Waals surface area contributed by atoms with Crippen molar-refractivity contribution in [1.82, 2.24) is 9.55 Å². The van der Waals surface area contributed by atoms with E-state index in [1.54, 1.807) is 0 Å². The molecule has 0 bridgehead atoms. The number of rotatable bonds is 4. The lowest BCUT2D eigenvalue weighted by molar-refractivity contribution is 0.242. The number of halogens is 1. The number of aromatic amines is 1. The van der Waals surface area contributed by atoms with Gasteiger partial charge in [0, 0.05) is 24.8 Å². The molecule has 2 rings (SSSR count). The molecule has 5 nitrogen and oxygen atoms in total. The van der Waals surface area contributed by atoms with Crippen molar-refractivity contribution in [1.29, 1.82) is 0 Å². The standard InChI is InChI=1S/C16H25FN2O3Si/c1-16(2,3)23(4,5)22-10-11-8-12(17)13(9-11)19-7-6-14(20)18-15(19)21/h6-8,11,13H,9-10H2,1-5H3,(H,18,20,21)/t11-,13-/m0/s1. The highest BCUT2D eigenvalue weighted by Gasteiger charge is 2.38. The number of hydrogen-bond acceptors (Lipinski definition) is 3. The van der Waals surface area contributed by atoms with Crippen molar-refractivity contribution in [3.05, 3.63) is 45.0 Å². The minimum absolute atomic E-state index is 0.0621. The van der Waals surface area contributed by atoms with Gasteiger partial charge in [-0.05, 0) is 30.6 Å². The van der Waals surface area contributed by atoms with Crippen LogP contribution in [-0.4, -0.2) is 24.5 Å². The predicted octanol–water partition coefficient (Wildman–Crippen LogP) is 2.97. The fourth-order valence-electron chi connectivity index (χ4n) is 2.37. The van der Waals surface area contributed by atoms with Crippen molar-refractivity contribution in [2.75, 3.05) is 6.61 Å². The van der Waals surface area contributed by atoms with Gasteiger partial charge in [-0.1, -0.05) is 20.8 Å². The molecule has 1 aromatic rings. The molecule has 0 spiro atoms. The first-order valence-electron chi connectivity index (χ1n) is 7.84. The Kier molecular flexibility index (Phi) is 4.82. The molecule has 0 aromatic carbocycles. The van der Waals surface area contributed by atoms with Crippen LogP contribution in [0.4, 0.5) is 4.39 Å². The molecule has 1 aliphatic rings. The van der Waals surface area contributed by atoms with Crippen LogP contribution in [0.5, 0.6) is 0 Å². The molecule has 0 saturated heterocycles. The summed E-state index contributed by atoms with van der Waals surface area (Å²) in [6.07, 6.45) is 3.35. The van der Waals surface area contributed by atoms with E-state index >= 15 is 0 Å². The summed E-state index contributed by atoms with van der Waals surface area (Å²) < 4.78 is 21.6. The number of nitrogens with zero attached hydrogens (tertiary/aromatic N) is 1. The third kappa shape index (κ3) is 3.90. The Balaban J connectivity index is 2.08. The molecule has 0 unspecified atom stereocenters. The number of allylic oxidation sites excluding steroid dienone is 1. The second kappa shape index (κ2) is 6.20. The van der Waals surface area contributed by atoms with Gasteiger partial charge in [-0.3, -0.25) is 14.3 Å². The zero-order valence-corrected chi connectivity index (χ0v) is 15.4. The topological polar surface area (TPSA) is 64.1 Å². The zero-order chi connectivity index (χ0) is 17.4. The van der Waals surface area contributed by atoms with Crippen LogP contribution >= 0.6 is 0 Å². The average molecular weight is 340 g/mol. The molecule has 1 N–H and O–H groups in total. The fourth-order valence-corrected chi connectivity index (χ4v) is 3.43. The Labute approximate surface area is 136 Å². The van der Waals surface area contributed by atoms with E-state index in [4.69, 9.17) is 4.43 Å². The predicted molar refractivity (Wildman–Crippen MR) is 90.8 cm³/mol. The Bertz CT molecular complexity index is 715. The van der Waals surface area contributed by atoms with Crippen LogP contribution in [0, 0.1) is 5.92 Å². The van der Waals surface area contributed by atoms with E-state index in [0.717, 1.165) is 0 Å². The summed E-state index contributed by atoms with van der Waals surface area (Å²) >= 11 is 0. The lowest BCUT2D eigenvalue weighted by Gasteiger charge is -2.36. The van der Waals surface area contributed by atoms with Crippen molar-refractivity contribution in [2.45, 2.75) is 51.4 Å². The van der Waals surface area contributed by atoms with Crippen molar-refractivity contribution in [3.63, 3.8) is 0 Å². The maximum Gasteiger partial charge on any atom is 0.328 e. The van der Waals surface area contributed by atoms with Gasteiger partial charge in [0.1, 0.15) is 5.83 Å². The normalized spacial score (nSPS) is 22.3. The summed E-state index contributed by atoms with van der Waals surface area (Å²) in [7, 11) is -1.88. The van der Waals surface area contributed by atoms with Gasteiger partial charge < -0.3 is 4.43 Å². The van der Waals surface area contributed by atoms with Crippen LogP contribution in [0.25, 0.3) is 0 Å². The molecule has 23 heavy (non-hydrogen) atoms.